The number of aliphatic hydroxyl groups excluding tert-OH is 2. The number of phenolic OH excluding ortho intramolecular Hbond substituents is 1. The van der Waals surface area contributed by atoms with Gasteiger partial charge in [-0.3, -0.25) is 24.1 Å². The fourth-order valence-corrected chi connectivity index (χ4v) is 6.25. The number of benzene rings is 1. The van der Waals surface area contributed by atoms with Crippen LogP contribution in [0.25, 0.3) is 5.76 Å². The summed E-state index contributed by atoms with van der Waals surface area (Å²) in [5.41, 5.74) is 1.29. The molecule has 1 saturated carbocycles. The van der Waals surface area contributed by atoms with Crippen LogP contribution >= 0.6 is 0 Å². The third kappa shape index (κ3) is 4.10. The predicted octanol–water partition coefficient (Wildman–Crippen LogP) is 0.473. The van der Waals surface area contributed by atoms with E-state index in [4.69, 9.17) is 15.2 Å². The Morgan fingerprint density at radius 2 is 1.82 bits per heavy atom. The number of nitrogens with two attached hydrogens (primary N) is 1. The van der Waals surface area contributed by atoms with Gasteiger partial charge >= 0.3 is 5.97 Å². The average Bonchev–Trinajstić information content (AvgIpc) is 2.84. The minimum atomic E-state index is -2.98. The van der Waals surface area contributed by atoms with Gasteiger partial charge < -0.3 is 35.6 Å². The zero-order valence-corrected chi connectivity index (χ0v) is 22.0. The first-order valence-electron chi connectivity index (χ1n) is 12.5. The highest BCUT2D eigenvalue weighted by atomic mass is 16.5. The Morgan fingerprint density at radius 3 is 2.38 bits per heavy atom. The molecule has 12 nitrogen and oxygen atoms in total. The molecule has 0 radical (unpaired) electrons. The molecule has 4 rings (SSSR count). The number of esters is 1. The second kappa shape index (κ2) is 10.1. The van der Waals surface area contributed by atoms with Crippen LogP contribution in [-0.4, -0.2) is 93.8 Å². The van der Waals surface area contributed by atoms with Gasteiger partial charge in [0.05, 0.1) is 24.1 Å². The predicted molar refractivity (Wildman–Crippen MR) is 135 cm³/mol. The van der Waals surface area contributed by atoms with Crippen LogP contribution in [0.2, 0.25) is 0 Å². The second-order valence-electron chi connectivity index (χ2n) is 10.3. The highest BCUT2D eigenvalue weighted by Crippen LogP contribution is 2.57. The highest BCUT2D eigenvalue weighted by molar-refractivity contribution is 6.24. The molecule has 12 heteroatoms. The van der Waals surface area contributed by atoms with Gasteiger partial charge in [-0.1, -0.05) is 19.1 Å². The number of amides is 1. The first kappa shape index (κ1) is 28.3. The number of hydrogen-bond donors (Lipinski definition) is 5. The third-order valence-corrected chi connectivity index (χ3v) is 7.72. The van der Waals surface area contributed by atoms with Crippen LogP contribution in [-0.2, 0) is 28.7 Å². The number of fused-ring (bicyclic) bond motifs is 3. The minimum Gasteiger partial charge on any atom is -0.508 e. The number of aliphatic hydroxyl groups is 3. The Morgan fingerprint density at radius 1 is 1.15 bits per heavy atom. The molecular weight excluding hydrogens is 512 g/mol. The van der Waals surface area contributed by atoms with Crippen molar-refractivity contribution in [2.75, 3.05) is 27.3 Å². The van der Waals surface area contributed by atoms with Crippen LogP contribution in [0.15, 0.2) is 35.1 Å². The Hall–Kier alpha value is -3.74. The molecule has 0 saturated heterocycles. The molecule has 0 heterocycles. The van der Waals surface area contributed by atoms with Gasteiger partial charge in [0.15, 0.2) is 11.4 Å². The highest BCUT2D eigenvalue weighted by Gasteiger charge is 2.69. The van der Waals surface area contributed by atoms with E-state index in [1.807, 2.05) is 6.92 Å². The molecule has 6 atom stereocenters. The zero-order chi connectivity index (χ0) is 29.0. The van der Waals surface area contributed by atoms with Crippen molar-refractivity contribution >= 4 is 29.2 Å². The van der Waals surface area contributed by atoms with Gasteiger partial charge in [0.2, 0.25) is 5.78 Å². The Labute approximate surface area is 224 Å². The van der Waals surface area contributed by atoms with Gasteiger partial charge in [0.25, 0.3) is 5.91 Å². The topological polar surface area (TPSA) is 197 Å². The number of aromatic hydroxyl groups is 1. The average molecular weight is 545 g/mol. The lowest BCUT2D eigenvalue weighted by Crippen LogP contribution is -2.71. The SMILES string of the molecule is CCCOCC1c2cccc(O)c2C(O)=C2C(=O)C3(O)C(O)=C(C(N)=O)C(=O)C(N(C)C)C3C(OC(C)=O)C21. The number of primary amides is 1. The van der Waals surface area contributed by atoms with Crippen molar-refractivity contribution < 1.29 is 49.1 Å². The summed E-state index contributed by atoms with van der Waals surface area (Å²) in [7, 11) is 2.91. The zero-order valence-electron chi connectivity index (χ0n) is 22.0. The fraction of sp³-hybridized carbons (Fsp3) is 0.481. The Bertz CT molecular complexity index is 1320. The van der Waals surface area contributed by atoms with Gasteiger partial charge in [0, 0.05) is 30.9 Å². The van der Waals surface area contributed by atoms with E-state index in [0.29, 0.717) is 18.6 Å². The van der Waals surface area contributed by atoms with Gasteiger partial charge in [0.1, 0.15) is 28.9 Å². The summed E-state index contributed by atoms with van der Waals surface area (Å²) in [6.07, 6.45) is -0.806. The molecule has 1 fully saturated rings. The van der Waals surface area contributed by atoms with Crippen LogP contribution in [0.3, 0.4) is 0 Å². The van der Waals surface area contributed by atoms with Crippen molar-refractivity contribution in [3.8, 4) is 5.75 Å². The summed E-state index contributed by atoms with van der Waals surface area (Å²) < 4.78 is 11.5. The molecule has 210 valence electrons. The first-order chi connectivity index (χ1) is 18.3. The summed E-state index contributed by atoms with van der Waals surface area (Å²) in [6, 6.07) is 3.03. The molecule has 39 heavy (non-hydrogen) atoms. The van der Waals surface area contributed by atoms with Crippen LogP contribution in [0.1, 0.15) is 37.3 Å². The molecule has 0 bridgehead atoms. The van der Waals surface area contributed by atoms with Crippen LogP contribution in [0, 0.1) is 11.8 Å². The fourth-order valence-electron chi connectivity index (χ4n) is 6.25. The third-order valence-electron chi connectivity index (χ3n) is 7.72. The smallest absolute Gasteiger partial charge is 0.302 e. The summed E-state index contributed by atoms with van der Waals surface area (Å²) in [6.45, 7) is 3.30. The quantitative estimate of drug-likeness (QED) is 0.182. The van der Waals surface area contributed by atoms with Crippen LogP contribution in [0.4, 0.5) is 0 Å². The number of rotatable bonds is 7. The molecule has 6 N–H and O–H groups in total. The van der Waals surface area contributed by atoms with Crippen molar-refractivity contribution in [3.63, 3.8) is 0 Å². The molecule has 1 aromatic rings. The molecule has 1 aromatic carbocycles. The van der Waals surface area contributed by atoms with Gasteiger partial charge in [-0.05, 0) is 32.1 Å². The lowest BCUT2D eigenvalue weighted by molar-refractivity contribution is -0.185. The van der Waals surface area contributed by atoms with E-state index in [2.05, 4.69) is 0 Å². The standard InChI is InChI=1S/C27H32N2O10/c1-5-9-38-10-13-12-7-6-8-14(31)15(12)21(32)17-16(13)23(39-11(2)30)19-20(29(3)4)22(33)18(26(28)36)25(35)27(19,37)24(17)34/h6-8,13,16,19-20,23,31-32,35,37H,5,9-10H2,1-4H3,(H2,28,36). The molecule has 0 spiro atoms. The second-order valence-corrected chi connectivity index (χ2v) is 10.3. The Balaban J connectivity index is 2.10. The van der Waals surface area contributed by atoms with E-state index < -0.39 is 81.6 Å². The molecule has 6 unspecified atom stereocenters. The summed E-state index contributed by atoms with van der Waals surface area (Å²) in [5.74, 6) is -10.3. The molecular formula is C27H32N2O10. The normalized spacial score (nSPS) is 30.2. The monoisotopic (exact) mass is 544 g/mol. The number of nitrogens with zero attached hydrogens (tertiary/aromatic N) is 1. The number of carbonyl (C=O) groups excluding carboxylic acids is 4. The maximum Gasteiger partial charge on any atom is 0.302 e. The van der Waals surface area contributed by atoms with Crippen LogP contribution in [0.5, 0.6) is 5.75 Å². The van der Waals surface area contributed by atoms with Crippen LogP contribution < -0.4 is 5.73 Å². The van der Waals surface area contributed by atoms with Gasteiger partial charge in [-0.25, -0.2) is 0 Å². The maximum absolute atomic E-state index is 14.2. The van der Waals surface area contributed by atoms with Crippen molar-refractivity contribution in [3.05, 3.63) is 46.2 Å². The molecule has 3 aliphatic rings. The number of ether oxygens (including phenoxy) is 2. The van der Waals surface area contributed by atoms with Gasteiger partial charge in [-0.2, -0.15) is 0 Å². The van der Waals surface area contributed by atoms with Crippen molar-refractivity contribution in [2.24, 2.45) is 17.6 Å². The Kier molecular flexibility index (Phi) is 7.32. The van der Waals surface area contributed by atoms with Crippen molar-refractivity contribution in [1.82, 2.24) is 4.90 Å². The largest absolute Gasteiger partial charge is 0.508 e. The molecule has 3 aliphatic carbocycles. The van der Waals surface area contributed by atoms with E-state index >= 15 is 0 Å². The van der Waals surface area contributed by atoms with E-state index in [1.54, 1.807) is 12.1 Å². The van der Waals surface area contributed by atoms with Crippen molar-refractivity contribution in [2.45, 2.75) is 43.9 Å². The number of Topliss-reactive ketones (excluding diaryl/α,β-unsaturated/α-hetero) is 2. The summed E-state index contributed by atoms with van der Waals surface area (Å²) >= 11 is 0. The van der Waals surface area contributed by atoms with E-state index in [1.165, 1.54) is 25.1 Å². The molecule has 0 aliphatic heterocycles. The summed E-state index contributed by atoms with van der Waals surface area (Å²) in [5, 5.41) is 45.1. The number of likely N-dealkylation sites (N-methyl/N-ethyl adjacent to an activating group) is 1. The van der Waals surface area contributed by atoms with E-state index in [0.717, 1.165) is 6.92 Å². The van der Waals surface area contributed by atoms with E-state index in [9.17, 15) is 39.6 Å². The lowest BCUT2D eigenvalue weighted by Gasteiger charge is -2.54. The summed E-state index contributed by atoms with van der Waals surface area (Å²) in [4.78, 5) is 53.7. The number of phenols is 1. The number of hydrogen-bond acceptors (Lipinski definition) is 11. The first-order valence-corrected chi connectivity index (χ1v) is 12.5. The van der Waals surface area contributed by atoms with E-state index in [-0.39, 0.29) is 17.9 Å². The number of carbonyl (C=O) groups is 4. The molecule has 1 amide bonds. The molecule has 0 aromatic heterocycles. The minimum absolute atomic E-state index is 0.0309. The number of ketones is 2. The van der Waals surface area contributed by atoms with Crippen molar-refractivity contribution in [1.29, 1.82) is 0 Å². The maximum atomic E-state index is 14.2. The lowest BCUT2D eigenvalue weighted by atomic mass is 9.54. The van der Waals surface area contributed by atoms with Gasteiger partial charge in [-0.15, -0.1) is 0 Å².